The fraction of sp³-hybridized carbons (Fsp3) is 0.375. The highest BCUT2D eigenvalue weighted by molar-refractivity contribution is 7.13. The van der Waals surface area contributed by atoms with Gasteiger partial charge in [-0.05, 0) is 12.1 Å². The molecule has 0 fully saturated rings. The molecule has 1 aromatic rings. The molecule has 0 bridgehead atoms. The third-order valence-electron chi connectivity index (χ3n) is 1.36. The van der Waals surface area contributed by atoms with Crippen molar-refractivity contribution in [3.05, 3.63) is 21.9 Å². The van der Waals surface area contributed by atoms with E-state index in [-0.39, 0.29) is 11.5 Å². The van der Waals surface area contributed by atoms with Crippen LogP contribution in [0.4, 0.5) is 8.78 Å². The topological polar surface area (TPSA) is 46.5 Å². The second-order valence-electron chi connectivity index (χ2n) is 2.48. The number of hydrogen-bond acceptors (Lipinski definition) is 3. The number of carboxylic acid groups (broad SMARTS) is 1. The van der Waals surface area contributed by atoms with Gasteiger partial charge in [-0.15, -0.1) is 11.3 Å². The summed E-state index contributed by atoms with van der Waals surface area (Å²) in [5, 5.41) is 8.56. The van der Waals surface area contributed by atoms with E-state index in [0.717, 1.165) is 11.3 Å². The summed E-state index contributed by atoms with van der Waals surface area (Å²) in [5.41, 5.74) is 0. The lowest BCUT2D eigenvalue weighted by atomic mass is 10.4. The first-order chi connectivity index (χ1) is 6.59. The molecule has 1 heterocycles. The molecule has 78 valence electrons. The standard InChI is InChI=1S/C8H8F2O3S/c9-7(10)4-13-3-5-1-2-6(14-5)8(11)12/h1-2,7H,3-4H2,(H,11,12). The Bertz CT molecular complexity index is 311. The van der Waals surface area contributed by atoms with Gasteiger partial charge in [0.2, 0.25) is 0 Å². The summed E-state index contributed by atoms with van der Waals surface area (Å²) < 4.78 is 28.0. The zero-order chi connectivity index (χ0) is 10.6. The van der Waals surface area contributed by atoms with Gasteiger partial charge in [-0.3, -0.25) is 0 Å². The first kappa shape index (κ1) is 11.1. The summed E-state index contributed by atoms with van der Waals surface area (Å²) in [6, 6.07) is 2.98. The average molecular weight is 222 g/mol. The van der Waals surface area contributed by atoms with Gasteiger partial charge in [-0.1, -0.05) is 0 Å². The number of aromatic carboxylic acids is 1. The first-order valence-corrected chi connectivity index (χ1v) is 4.59. The molecule has 6 heteroatoms. The lowest BCUT2D eigenvalue weighted by Crippen LogP contribution is -2.03. The van der Waals surface area contributed by atoms with Gasteiger partial charge in [-0.2, -0.15) is 0 Å². The molecule has 3 nitrogen and oxygen atoms in total. The molecule has 14 heavy (non-hydrogen) atoms. The molecule has 0 radical (unpaired) electrons. The van der Waals surface area contributed by atoms with Gasteiger partial charge in [0.15, 0.2) is 0 Å². The quantitative estimate of drug-likeness (QED) is 0.830. The molecule has 0 aliphatic rings. The highest BCUT2D eigenvalue weighted by atomic mass is 32.1. The van der Waals surface area contributed by atoms with E-state index >= 15 is 0 Å². The Balaban J connectivity index is 2.40. The molecule has 1 rings (SSSR count). The van der Waals surface area contributed by atoms with Gasteiger partial charge in [0, 0.05) is 4.88 Å². The molecule has 0 spiro atoms. The van der Waals surface area contributed by atoms with E-state index < -0.39 is 19.0 Å². The Kier molecular flexibility index (Phi) is 3.97. The Labute approximate surface area is 82.9 Å². The van der Waals surface area contributed by atoms with E-state index in [1.54, 1.807) is 6.07 Å². The minimum Gasteiger partial charge on any atom is -0.477 e. The molecule has 0 amide bonds. The molecular formula is C8H8F2O3S. The third-order valence-corrected chi connectivity index (χ3v) is 2.41. The molecule has 0 atom stereocenters. The van der Waals surface area contributed by atoms with Crippen molar-refractivity contribution in [3.8, 4) is 0 Å². The molecular weight excluding hydrogens is 214 g/mol. The summed E-state index contributed by atoms with van der Waals surface area (Å²) in [6.45, 7) is -0.595. The molecule has 0 aromatic carbocycles. The number of carboxylic acids is 1. The van der Waals surface area contributed by atoms with Gasteiger partial charge in [0.05, 0.1) is 6.61 Å². The summed E-state index contributed by atoms with van der Waals surface area (Å²) in [7, 11) is 0. The van der Waals surface area contributed by atoms with Crippen molar-refractivity contribution >= 4 is 17.3 Å². The number of hydrogen-bond donors (Lipinski definition) is 1. The monoisotopic (exact) mass is 222 g/mol. The van der Waals surface area contributed by atoms with Crippen LogP contribution in [-0.4, -0.2) is 24.1 Å². The zero-order valence-corrected chi connectivity index (χ0v) is 7.89. The van der Waals surface area contributed by atoms with Gasteiger partial charge in [0.25, 0.3) is 6.43 Å². The minimum absolute atomic E-state index is 0.0300. The van der Waals surface area contributed by atoms with Crippen LogP contribution < -0.4 is 0 Å². The molecule has 0 saturated carbocycles. The average Bonchev–Trinajstić information content (AvgIpc) is 2.52. The Morgan fingerprint density at radius 2 is 2.29 bits per heavy atom. The highest BCUT2D eigenvalue weighted by Crippen LogP contribution is 2.17. The Morgan fingerprint density at radius 3 is 2.79 bits per heavy atom. The van der Waals surface area contributed by atoms with Crippen LogP contribution in [0.25, 0.3) is 0 Å². The van der Waals surface area contributed by atoms with Crippen molar-refractivity contribution < 1.29 is 23.4 Å². The van der Waals surface area contributed by atoms with Crippen LogP contribution in [0.3, 0.4) is 0 Å². The van der Waals surface area contributed by atoms with E-state index in [2.05, 4.69) is 4.74 Å². The van der Waals surface area contributed by atoms with Gasteiger partial charge >= 0.3 is 5.97 Å². The van der Waals surface area contributed by atoms with Crippen molar-refractivity contribution in [2.45, 2.75) is 13.0 Å². The van der Waals surface area contributed by atoms with Gasteiger partial charge < -0.3 is 9.84 Å². The predicted octanol–water partition coefficient (Wildman–Crippen LogP) is 2.23. The van der Waals surface area contributed by atoms with E-state index in [9.17, 15) is 13.6 Å². The van der Waals surface area contributed by atoms with Crippen LogP contribution in [0.5, 0.6) is 0 Å². The van der Waals surface area contributed by atoms with Crippen molar-refractivity contribution in [2.24, 2.45) is 0 Å². The largest absolute Gasteiger partial charge is 0.477 e. The van der Waals surface area contributed by atoms with Crippen LogP contribution in [0.1, 0.15) is 14.5 Å². The number of alkyl halides is 2. The first-order valence-electron chi connectivity index (χ1n) is 3.77. The van der Waals surface area contributed by atoms with Crippen LogP contribution in [-0.2, 0) is 11.3 Å². The summed E-state index contributed by atoms with van der Waals surface area (Å²) >= 11 is 1.02. The molecule has 1 aromatic heterocycles. The minimum atomic E-state index is -2.49. The summed E-state index contributed by atoms with van der Waals surface area (Å²) in [5.74, 6) is -1.02. The maximum Gasteiger partial charge on any atom is 0.345 e. The SMILES string of the molecule is O=C(O)c1ccc(COCC(F)F)s1. The van der Waals surface area contributed by atoms with E-state index in [1.165, 1.54) is 6.07 Å². The van der Waals surface area contributed by atoms with Crippen molar-refractivity contribution in [2.75, 3.05) is 6.61 Å². The fourth-order valence-corrected chi connectivity index (χ4v) is 1.60. The van der Waals surface area contributed by atoms with Crippen LogP contribution in [0, 0.1) is 0 Å². The smallest absolute Gasteiger partial charge is 0.345 e. The van der Waals surface area contributed by atoms with Crippen LogP contribution in [0.2, 0.25) is 0 Å². The lowest BCUT2D eigenvalue weighted by molar-refractivity contribution is 0.0108. The zero-order valence-electron chi connectivity index (χ0n) is 7.07. The second kappa shape index (κ2) is 5.02. The Morgan fingerprint density at radius 1 is 1.57 bits per heavy atom. The van der Waals surface area contributed by atoms with Crippen LogP contribution in [0.15, 0.2) is 12.1 Å². The molecule has 0 aliphatic heterocycles. The van der Waals surface area contributed by atoms with Gasteiger partial charge in [0.1, 0.15) is 11.5 Å². The molecule has 0 aliphatic carbocycles. The summed E-state index contributed by atoms with van der Waals surface area (Å²) in [4.78, 5) is 11.3. The Hall–Kier alpha value is -1.01. The second-order valence-corrected chi connectivity index (χ2v) is 3.65. The number of ether oxygens (including phenoxy) is 1. The number of rotatable bonds is 5. The maximum atomic E-state index is 11.7. The molecule has 0 saturated heterocycles. The lowest BCUT2D eigenvalue weighted by Gasteiger charge is -1.99. The normalized spacial score (nSPS) is 10.8. The summed E-state index contributed by atoms with van der Waals surface area (Å²) in [6.07, 6.45) is -2.49. The van der Waals surface area contributed by atoms with E-state index in [4.69, 9.17) is 5.11 Å². The van der Waals surface area contributed by atoms with Crippen LogP contribution >= 0.6 is 11.3 Å². The van der Waals surface area contributed by atoms with E-state index in [1.807, 2.05) is 0 Å². The van der Waals surface area contributed by atoms with Gasteiger partial charge in [-0.25, -0.2) is 13.6 Å². The highest BCUT2D eigenvalue weighted by Gasteiger charge is 2.07. The van der Waals surface area contributed by atoms with Crippen molar-refractivity contribution in [1.82, 2.24) is 0 Å². The van der Waals surface area contributed by atoms with Crippen molar-refractivity contribution in [3.63, 3.8) is 0 Å². The van der Waals surface area contributed by atoms with E-state index in [0.29, 0.717) is 4.88 Å². The predicted molar refractivity (Wildman–Crippen MR) is 46.9 cm³/mol. The number of thiophene rings is 1. The number of carbonyl (C=O) groups is 1. The molecule has 0 unspecified atom stereocenters. The molecule has 1 N–H and O–H groups in total. The maximum absolute atomic E-state index is 11.7. The van der Waals surface area contributed by atoms with Crippen molar-refractivity contribution in [1.29, 1.82) is 0 Å². The number of halogens is 2. The fourth-order valence-electron chi connectivity index (χ4n) is 0.819. The third kappa shape index (κ3) is 3.39.